The van der Waals surface area contributed by atoms with E-state index in [1.165, 1.54) is 12.1 Å². The van der Waals surface area contributed by atoms with Crippen LogP contribution in [0.5, 0.6) is 5.75 Å². The summed E-state index contributed by atoms with van der Waals surface area (Å²) in [7, 11) is 1.55. The van der Waals surface area contributed by atoms with Crippen LogP contribution in [0.4, 0.5) is 4.39 Å². The molecular weight excluding hydrogens is 286 g/mol. The summed E-state index contributed by atoms with van der Waals surface area (Å²) in [5.41, 5.74) is 1.57. The van der Waals surface area contributed by atoms with Crippen LogP contribution < -0.4 is 4.74 Å². The lowest BCUT2D eigenvalue weighted by Crippen LogP contribution is -1.85. The normalized spacial score (nSPS) is 10.9. The quantitative estimate of drug-likeness (QED) is 0.697. The first-order valence-electron chi connectivity index (χ1n) is 5.57. The zero-order chi connectivity index (χ0) is 13.8. The van der Waals surface area contributed by atoms with E-state index in [1.54, 1.807) is 37.5 Å². The Morgan fingerprint density at radius 2 is 1.58 bits per heavy atom. The minimum absolute atomic E-state index is 0.266. The second-order valence-electron chi connectivity index (χ2n) is 3.89. The minimum Gasteiger partial charge on any atom is -0.497 e. The van der Waals surface area contributed by atoms with Gasteiger partial charge < -0.3 is 4.74 Å². The highest BCUT2D eigenvalue weighted by atomic mass is 35.5. The standard InChI is InChI=1S/C15H11Cl2FO/c1-19-12-8-14(16)13(15(17)9-12)7-4-10-2-5-11(18)6-3-10/h2-9H,1H3/b7-4+. The van der Waals surface area contributed by atoms with Gasteiger partial charge in [-0.25, -0.2) is 4.39 Å². The van der Waals surface area contributed by atoms with E-state index in [4.69, 9.17) is 27.9 Å². The number of ether oxygens (including phenoxy) is 1. The Morgan fingerprint density at radius 1 is 1.00 bits per heavy atom. The average molecular weight is 297 g/mol. The molecule has 0 aliphatic heterocycles. The van der Waals surface area contributed by atoms with E-state index in [0.717, 1.165) is 5.56 Å². The largest absolute Gasteiger partial charge is 0.497 e. The molecule has 0 aliphatic carbocycles. The fourth-order valence-corrected chi connectivity index (χ4v) is 2.18. The molecule has 0 aromatic heterocycles. The predicted molar refractivity (Wildman–Crippen MR) is 78.3 cm³/mol. The first-order valence-corrected chi connectivity index (χ1v) is 6.32. The highest BCUT2D eigenvalue weighted by Crippen LogP contribution is 2.31. The molecule has 0 bridgehead atoms. The van der Waals surface area contributed by atoms with Gasteiger partial charge in [0.2, 0.25) is 0 Å². The van der Waals surface area contributed by atoms with Gasteiger partial charge in [-0.3, -0.25) is 0 Å². The molecule has 98 valence electrons. The van der Waals surface area contributed by atoms with Crippen LogP contribution in [0.1, 0.15) is 11.1 Å². The van der Waals surface area contributed by atoms with Gasteiger partial charge in [0, 0.05) is 5.56 Å². The Hall–Kier alpha value is -1.51. The lowest BCUT2D eigenvalue weighted by molar-refractivity contribution is 0.415. The molecule has 2 aromatic rings. The number of hydrogen-bond acceptors (Lipinski definition) is 1. The molecule has 0 atom stereocenters. The van der Waals surface area contributed by atoms with Crippen molar-refractivity contribution in [2.45, 2.75) is 0 Å². The molecule has 0 fully saturated rings. The zero-order valence-electron chi connectivity index (χ0n) is 10.2. The van der Waals surface area contributed by atoms with Crippen molar-refractivity contribution >= 4 is 35.4 Å². The SMILES string of the molecule is COc1cc(Cl)c(/C=C/c2ccc(F)cc2)c(Cl)c1. The molecule has 0 heterocycles. The molecular formula is C15H11Cl2FO. The summed E-state index contributed by atoms with van der Waals surface area (Å²) in [4.78, 5) is 0. The molecule has 1 nitrogen and oxygen atoms in total. The lowest BCUT2D eigenvalue weighted by Gasteiger charge is -2.06. The Morgan fingerprint density at radius 3 is 2.11 bits per heavy atom. The summed E-state index contributed by atoms with van der Waals surface area (Å²) >= 11 is 12.3. The lowest BCUT2D eigenvalue weighted by atomic mass is 10.1. The van der Waals surface area contributed by atoms with Crippen LogP contribution in [-0.4, -0.2) is 7.11 Å². The van der Waals surface area contributed by atoms with E-state index in [2.05, 4.69) is 0 Å². The third kappa shape index (κ3) is 3.49. The van der Waals surface area contributed by atoms with Crippen LogP contribution in [0.3, 0.4) is 0 Å². The molecule has 2 rings (SSSR count). The van der Waals surface area contributed by atoms with Gasteiger partial charge in [0.05, 0.1) is 17.2 Å². The Kier molecular flexibility index (Phi) is 4.46. The van der Waals surface area contributed by atoms with Crippen LogP contribution in [-0.2, 0) is 0 Å². The average Bonchev–Trinajstić information content (AvgIpc) is 2.39. The van der Waals surface area contributed by atoms with Gasteiger partial charge >= 0.3 is 0 Å². The molecule has 0 unspecified atom stereocenters. The summed E-state index contributed by atoms with van der Waals surface area (Å²) in [6.07, 6.45) is 3.61. The van der Waals surface area contributed by atoms with E-state index in [1.807, 2.05) is 6.08 Å². The first kappa shape index (κ1) is 13.9. The number of hydrogen-bond donors (Lipinski definition) is 0. The second kappa shape index (κ2) is 6.09. The van der Waals surface area contributed by atoms with Crippen molar-refractivity contribution in [1.29, 1.82) is 0 Å². The van der Waals surface area contributed by atoms with Crippen molar-refractivity contribution in [2.24, 2.45) is 0 Å². The monoisotopic (exact) mass is 296 g/mol. The van der Waals surface area contributed by atoms with Gasteiger partial charge in [0.25, 0.3) is 0 Å². The van der Waals surface area contributed by atoms with Crippen molar-refractivity contribution in [3.63, 3.8) is 0 Å². The highest BCUT2D eigenvalue weighted by molar-refractivity contribution is 6.37. The highest BCUT2D eigenvalue weighted by Gasteiger charge is 2.05. The number of halogens is 3. The zero-order valence-corrected chi connectivity index (χ0v) is 11.7. The Labute approximate surface area is 121 Å². The Balaban J connectivity index is 2.30. The van der Waals surface area contributed by atoms with Gasteiger partial charge in [-0.2, -0.15) is 0 Å². The molecule has 4 heteroatoms. The van der Waals surface area contributed by atoms with E-state index in [0.29, 0.717) is 21.4 Å². The summed E-state index contributed by atoms with van der Waals surface area (Å²) in [5.74, 6) is 0.339. The van der Waals surface area contributed by atoms with Crippen molar-refractivity contribution in [1.82, 2.24) is 0 Å². The predicted octanol–water partition coefficient (Wildman–Crippen LogP) is 5.31. The van der Waals surface area contributed by atoms with Crippen molar-refractivity contribution in [3.05, 3.63) is 63.4 Å². The van der Waals surface area contributed by atoms with Gasteiger partial charge in [-0.05, 0) is 29.8 Å². The van der Waals surface area contributed by atoms with Crippen LogP contribution >= 0.6 is 23.2 Å². The van der Waals surface area contributed by atoms with Crippen LogP contribution in [0.2, 0.25) is 10.0 Å². The molecule has 0 saturated carbocycles. The van der Waals surface area contributed by atoms with Crippen molar-refractivity contribution in [2.75, 3.05) is 7.11 Å². The van der Waals surface area contributed by atoms with E-state index >= 15 is 0 Å². The maximum absolute atomic E-state index is 12.8. The van der Waals surface area contributed by atoms with Gasteiger partial charge in [-0.15, -0.1) is 0 Å². The van der Waals surface area contributed by atoms with Gasteiger partial charge in [-0.1, -0.05) is 47.5 Å². The summed E-state index contributed by atoms with van der Waals surface area (Å²) in [6, 6.07) is 9.54. The second-order valence-corrected chi connectivity index (χ2v) is 4.70. The van der Waals surface area contributed by atoms with E-state index in [-0.39, 0.29) is 5.82 Å². The molecule has 0 spiro atoms. The van der Waals surface area contributed by atoms with Gasteiger partial charge in [0.15, 0.2) is 0 Å². The van der Waals surface area contributed by atoms with Crippen LogP contribution in [0, 0.1) is 5.82 Å². The molecule has 19 heavy (non-hydrogen) atoms. The molecule has 2 aromatic carbocycles. The summed E-state index contributed by atoms with van der Waals surface area (Å²) in [5, 5.41) is 1.01. The molecule has 0 saturated heterocycles. The van der Waals surface area contributed by atoms with Crippen LogP contribution in [0.25, 0.3) is 12.2 Å². The van der Waals surface area contributed by atoms with Crippen molar-refractivity contribution in [3.8, 4) is 5.75 Å². The molecule has 0 aliphatic rings. The van der Waals surface area contributed by atoms with Gasteiger partial charge in [0.1, 0.15) is 11.6 Å². The smallest absolute Gasteiger partial charge is 0.123 e. The maximum Gasteiger partial charge on any atom is 0.123 e. The maximum atomic E-state index is 12.8. The minimum atomic E-state index is -0.266. The molecule has 0 N–H and O–H groups in total. The van der Waals surface area contributed by atoms with E-state index in [9.17, 15) is 4.39 Å². The number of methoxy groups -OCH3 is 1. The summed E-state index contributed by atoms with van der Waals surface area (Å²) in [6.45, 7) is 0. The summed E-state index contributed by atoms with van der Waals surface area (Å²) < 4.78 is 17.9. The van der Waals surface area contributed by atoms with E-state index < -0.39 is 0 Å². The van der Waals surface area contributed by atoms with Crippen LogP contribution in [0.15, 0.2) is 36.4 Å². The number of rotatable bonds is 3. The third-order valence-corrected chi connectivity index (χ3v) is 3.23. The Bertz CT molecular complexity index is 583. The third-order valence-electron chi connectivity index (χ3n) is 2.60. The van der Waals surface area contributed by atoms with Crippen molar-refractivity contribution < 1.29 is 9.13 Å². The molecule has 0 amide bonds. The fourth-order valence-electron chi connectivity index (χ4n) is 1.59. The number of benzene rings is 2. The fraction of sp³-hybridized carbons (Fsp3) is 0.0667. The molecule has 0 radical (unpaired) electrons. The first-order chi connectivity index (χ1) is 9.10. The topological polar surface area (TPSA) is 9.23 Å².